The maximum absolute atomic E-state index is 6.17. The van der Waals surface area contributed by atoms with E-state index in [1.165, 1.54) is 55.3 Å². The lowest BCUT2D eigenvalue weighted by molar-refractivity contribution is 0.669. The minimum absolute atomic E-state index is 0.920. The number of nitrogens with zero attached hydrogens (tertiary/aromatic N) is 1. The number of hydrogen-bond donors (Lipinski definition) is 0. The molecule has 54 heavy (non-hydrogen) atoms. The highest BCUT2D eigenvalue weighted by atomic mass is 16.3. The van der Waals surface area contributed by atoms with Crippen molar-refractivity contribution in [3.05, 3.63) is 212 Å². The van der Waals surface area contributed by atoms with E-state index in [1.807, 2.05) is 12.1 Å². The van der Waals surface area contributed by atoms with Crippen LogP contribution >= 0.6 is 0 Å². The molecule has 0 N–H and O–H groups in total. The molecule has 0 aliphatic rings. The molecule has 0 aliphatic carbocycles. The molecule has 0 atom stereocenters. The van der Waals surface area contributed by atoms with E-state index in [2.05, 4.69) is 205 Å². The highest BCUT2D eigenvalue weighted by molar-refractivity contribution is 6.10. The fourth-order valence-electron chi connectivity index (χ4n) is 7.70. The Bertz CT molecular complexity index is 2890. The van der Waals surface area contributed by atoms with E-state index in [0.29, 0.717) is 0 Å². The molecule has 9 aromatic carbocycles. The van der Waals surface area contributed by atoms with Crippen LogP contribution in [0.2, 0.25) is 0 Å². The number of rotatable bonds is 7. The molecule has 0 unspecified atom stereocenters. The van der Waals surface area contributed by atoms with Crippen molar-refractivity contribution < 1.29 is 4.42 Å². The van der Waals surface area contributed by atoms with Crippen molar-refractivity contribution in [3.63, 3.8) is 0 Å². The van der Waals surface area contributed by atoms with Crippen LogP contribution in [0.3, 0.4) is 0 Å². The van der Waals surface area contributed by atoms with Crippen molar-refractivity contribution >= 4 is 49.8 Å². The summed E-state index contributed by atoms with van der Waals surface area (Å²) < 4.78 is 6.17. The summed E-state index contributed by atoms with van der Waals surface area (Å²) in [5.41, 5.74) is 14.6. The zero-order valence-corrected chi connectivity index (χ0v) is 29.6. The van der Waals surface area contributed by atoms with Crippen LogP contribution in [0, 0.1) is 0 Å². The van der Waals surface area contributed by atoms with E-state index >= 15 is 0 Å². The molecule has 0 bridgehead atoms. The number of anilines is 3. The highest BCUT2D eigenvalue weighted by Crippen LogP contribution is 2.42. The van der Waals surface area contributed by atoms with Gasteiger partial charge in [-0.2, -0.15) is 0 Å². The lowest BCUT2D eigenvalue weighted by atomic mass is 9.97. The van der Waals surface area contributed by atoms with E-state index in [4.69, 9.17) is 4.42 Å². The summed E-state index contributed by atoms with van der Waals surface area (Å²) >= 11 is 0. The van der Waals surface area contributed by atoms with Crippen LogP contribution in [0.1, 0.15) is 0 Å². The number of para-hydroxylation sites is 2. The summed E-state index contributed by atoms with van der Waals surface area (Å²) in [5, 5.41) is 4.66. The Kier molecular flexibility index (Phi) is 7.85. The van der Waals surface area contributed by atoms with Gasteiger partial charge in [-0.25, -0.2) is 0 Å². The van der Waals surface area contributed by atoms with Crippen molar-refractivity contribution in [3.8, 4) is 44.5 Å². The Morgan fingerprint density at radius 2 is 0.796 bits per heavy atom. The van der Waals surface area contributed by atoms with Gasteiger partial charge in [0.2, 0.25) is 0 Å². The van der Waals surface area contributed by atoms with E-state index in [9.17, 15) is 0 Å². The summed E-state index contributed by atoms with van der Waals surface area (Å²) in [6, 6.07) is 76.0. The van der Waals surface area contributed by atoms with E-state index in [-0.39, 0.29) is 0 Å². The third-order valence-corrected chi connectivity index (χ3v) is 10.5. The van der Waals surface area contributed by atoms with Gasteiger partial charge in [0.05, 0.1) is 5.69 Å². The second kappa shape index (κ2) is 13.4. The van der Waals surface area contributed by atoms with Gasteiger partial charge in [0.1, 0.15) is 11.2 Å². The molecule has 0 aliphatic heterocycles. The van der Waals surface area contributed by atoms with E-state index < -0.39 is 0 Å². The molecule has 0 saturated heterocycles. The molecular weight excluding hydrogens is 655 g/mol. The Morgan fingerprint density at radius 1 is 0.296 bits per heavy atom. The molecule has 0 amide bonds. The monoisotopic (exact) mass is 689 g/mol. The summed E-state index contributed by atoms with van der Waals surface area (Å²) in [4.78, 5) is 2.38. The zero-order valence-electron chi connectivity index (χ0n) is 29.6. The average molecular weight is 690 g/mol. The Balaban J connectivity index is 1.05. The summed E-state index contributed by atoms with van der Waals surface area (Å²) in [5.74, 6) is 0. The minimum atomic E-state index is 0.920. The van der Waals surface area contributed by atoms with Gasteiger partial charge in [-0.15, -0.1) is 0 Å². The molecule has 2 heteroatoms. The van der Waals surface area contributed by atoms with Crippen LogP contribution in [0.15, 0.2) is 217 Å². The number of benzene rings is 9. The predicted octanol–water partition coefficient (Wildman–Crippen LogP) is 14.9. The normalized spacial score (nSPS) is 11.3. The van der Waals surface area contributed by atoms with Crippen LogP contribution in [0.25, 0.3) is 77.2 Å². The Labute approximate surface area is 314 Å². The quantitative estimate of drug-likeness (QED) is 0.166. The molecule has 254 valence electrons. The zero-order chi connectivity index (χ0) is 35.8. The van der Waals surface area contributed by atoms with Gasteiger partial charge in [0.25, 0.3) is 0 Å². The van der Waals surface area contributed by atoms with Gasteiger partial charge < -0.3 is 9.32 Å². The molecule has 2 nitrogen and oxygen atoms in total. The lowest BCUT2D eigenvalue weighted by Gasteiger charge is -2.28. The van der Waals surface area contributed by atoms with Gasteiger partial charge in [0.15, 0.2) is 0 Å². The SMILES string of the molecule is c1ccc(-c2ccc(-c3ccccc3N(c3ccc(-c4ccccc4)cc3)c3ccc(-c4ccc5cc6oc7ccccc7c6cc5c4)cc3)cc2)cc1. The van der Waals surface area contributed by atoms with E-state index in [1.54, 1.807) is 0 Å². The minimum Gasteiger partial charge on any atom is -0.456 e. The van der Waals surface area contributed by atoms with Crippen molar-refractivity contribution in [2.75, 3.05) is 4.90 Å². The van der Waals surface area contributed by atoms with Gasteiger partial charge >= 0.3 is 0 Å². The standard InChI is InChI=1S/C52H35NO/c1-3-11-36(12-4-1)38-19-21-41(22-20-38)47-15-7-9-17-50(47)53(45-29-25-39(26-30-45)37-13-5-2-6-14-37)46-31-27-40(28-32-46)42-23-24-43-35-52-49(34-44(43)33-42)48-16-8-10-18-51(48)54-52/h1-35H. The topological polar surface area (TPSA) is 16.4 Å². The smallest absolute Gasteiger partial charge is 0.136 e. The van der Waals surface area contributed by atoms with Crippen molar-refractivity contribution in [2.24, 2.45) is 0 Å². The van der Waals surface area contributed by atoms with Gasteiger partial charge in [-0.3, -0.25) is 0 Å². The summed E-state index contributed by atoms with van der Waals surface area (Å²) in [6.07, 6.45) is 0. The first-order valence-electron chi connectivity index (χ1n) is 18.4. The van der Waals surface area contributed by atoms with Crippen LogP contribution in [0.5, 0.6) is 0 Å². The van der Waals surface area contributed by atoms with Crippen molar-refractivity contribution in [1.82, 2.24) is 0 Å². The summed E-state index contributed by atoms with van der Waals surface area (Å²) in [6.45, 7) is 0. The lowest BCUT2D eigenvalue weighted by Crippen LogP contribution is -2.11. The molecular formula is C52H35NO. The second-order valence-corrected chi connectivity index (χ2v) is 13.8. The van der Waals surface area contributed by atoms with Crippen molar-refractivity contribution in [1.29, 1.82) is 0 Å². The Hall–Kier alpha value is -7.16. The third-order valence-electron chi connectivity index (χ3n) is 10.5. The number of fused-ring (bicyclic) bond motifs is 4. The molecule has 1 aromatic heterocycles. The van der Waals surface area contributed by atoms with Gasteiger partial charge in [-0.1, -0.05) is 158 Å². The Morgan fingerprint density at radius 3 is 1.46 bits per heavy atom. The summed E-state index contributed by atoms with van der Waals surface area (Å²) in [7, 11) is 0. The fourth-order valence-corrected chi connectivity index (χ4v) is 7.70. The molecule has 0 radical (unpaired) electrons. The molecule has 0 saturated carbocycles. The van der Waals surface area contributed by atoms with Gasteiger partial charge in [0, 0.05) is 27.7 Å². The van der Waals surface area contributed by atoms with Crippen LogP contribution in [0.4, 0.5) is 17.1 Å². The van der Waals surface area contributed by atoms with Gasteiger partial charge in [-0.05, 0) is 104 Å². The fraction of sp³-hybridized carbons (Fsp3) is 0. The second-order valence-electron chi connectivity index (χ2n) is 13.8. The van der Waals surface area contributed by atoms with E-state index in [0.717, 1.165) is 39.0 Å². The van der Waals surface area contributed by atoms with Crippen LogP contribution < -0.4 is 4.90 Å². The van der Waals surface area contributed by atoms with Crippen molar-refractivity contribution in [2.45, 2.75) is 0 Å². The predicted molar refractivity (Wildman–Crippen MR) is 228 cm³/mol. The van der Waals surface area contributed by atoms with Crippen LogP contribution in [-0.4, -0.2) is 0 Å². The number of hydrogen-bond acceptors (Lipinski definition) is 2. The first-order valence-corrected chi connectivity index (χ1v) is 18.4. The molecule has 10 rings (SSSR count). The molecule has 0 spiro atoms. The maximum Gasteiger partial charge on any atom is 0.136 e. The molecule has 0 fully saturated rings. The maximum atomic E-state index is 6.17. The van der Waals surface area contributed by atoms with Crippen LogP contribution in [-0.2, 0) is 0 Å². The first kappa shape index (κ1) is 31.6. The average Bonchev–Trinajstić information content (AvgIpc) is 3.61. The molecule has 1 heterocycles. The number of furan rings is 1. The third kappa shape index (κ3) is 5.81. The molecule has 10 aromatic rings. The largest absolute Gasteiger partial charge is 0.456 e. The first-order chi connectivity index (χ1) is 26.7. The highest BCUT2D eigenvalue weighted by Gasteiger charge is 2.18.